The minimum Gasteiger partial charge on any atom is -0.507 e. The van der Waals surface area contributed by atoms with Crippen LogP contribution in [0.4, 0.5) is 17.1 Å². The molecule has 178 valence electrons. The molecule has 2 aromatic rings. The molecule has 11 nitrogen and oxygen atoms in total. The molecule has 2 N–H and O–H groups in total. The number of ether oxygens (including phenoxy) is 1. The summed E-state index contributed by atoms with van der Waals surface area (Å²) in [5, 5.41) is 25.6. The minimum atomic E-state index is -4.02. The molecule has 0 unspecified atom stereocenters. The van der Waals surface area contributed by atoms with Gasteiger partial charge < -0.3 is 14.7 Å². The van der Waals surface area contributed by atoms with Gasteiger partial charge in [0.15, 0.2) is 0 Å². The van der Waals surface area contributed by atoms with Gasteiger partial charge in [0.25, 0.3) is 5.69 Å². The number of non-ortho nitro benzene ring substituents is 1. The zero-order chi connectivity index (χ0) is 24.0. The van der Waals surface area contributed by atoms with Gasteiger partial charge in [-0.1, -0.05) is 0 Å². The molecular weight excluding hydrogens is 450 g/mol. The van der Waals surface area contributed by atoms with Crippen molar-refractivity contribution in [1.29, 1.82) is 0 Å². The van der Waals surface area contributed by atoms with Crippen molar-refractivity contribution in [2.24, 2.45) is 5.10 Å². The van der Waals surface area contributed by atoms with E-state index in [1.807, 2.05) is 19.9 Å². The maximum absolute atomic E-state index is 13.1. The van der Waals surface area contributed by atoms with Gasteiger partial charge >= 0.3 is 0 Å². The molecule has 0 saturated carbocycles. The van der Waals surface area contributed by atoms with Crippen molar-refractivity contribution in [3.63, 3.8) is 0 Å². The Morgan fingerprint density at radius 1 is 1.21 bits per heavy atom. The van der Waals surface area contributed by atoms with Crippen LogP contribution in [-0.2, 0) is 14.8 Å². The molecule has 0 bridgehead atoms. The largest absolute Gasteiger partial charge is 0.507 e. The van der Waals surface area contributed by atoms with E-state index in [1.165, 1.54) is 22.7 Å². The summed E-state index contributed by atoms with van der Waals surface area (Å²) in [4.78, 5) is 12.4. The number of morpholine rings is 1. The second kappa shape index (κ2) is 10.6. The monoisotopic (exact) mass is 477 g/mol. The maximum atomic E-state index is 13.1. The van der Waals surface area contributed by atoms with Gasteiger partial charge in [-0.2, -0.15) is 9.41 Å². The van der Waals surface area contributed by atoms with E-state index in [0.717, 1.165) is 24.8 Å². The number of benzene rings is 2. The van der Waals surface area contributed by atoms with Crippen LogP contribution in [0.2, 0.25) is 0 Å². The van der Waals surface area contributed by atoms with Crippen molar-refractivity contribution >= 4 is 33.3 Å². The van der Waals surface area contributed by atoms with Crippen LogP contribution >= 0.6 is 0 Å². The van der Waals surface area contributed by atoms with Crippen LogP contribution in [0, 0.1) is 10.1 Å². The molecule has 12 heteroatoms. The molecule has 0 amide bonds. The molecule has 2 aromatic carbocycles. The maximum Gasteiger partial charge on any atom is 0.270 e. The Hall–Kier alpha value is -3.22. The van der Waals surface area contributed by atoms with Gasteiger partial charge in [-0.05, 0) is 32.0 Å². The van der Waals surface area contributed by atoms with Gasteiger partial charge in [-0.15, -0.1) is 0 Å². The zero-order valence-electron chi connectivity index (χ0n) is 18.5. The number of hydrogen-bond donors (Lipinski definition) is 2. The molecule has 1 aliphatic rings. The van der Waals surface area contributed by atoms with Crippen molar-refractivity contribution in [1.82, 2.24) is 4.31 Å². The Kier molecular flexibility index (Phi) is 7.84. The van der Waals surface area contributed by atoms with Gasteiger partial charge in [0.1, 0.15) is 10.6 Å². The number of hydrogen-bond acceptors (Lipinski definition) is 9. The molecule has 0 radical (unpaired) electrons. The Balaban J connectivity index is 1.88. The zero-order valence-corrected chi connectivity index (χ0v) is 19.3. The summed E-state index contributed by atoms with van der Waals surface area (Å²) in [5.74, 6) is 0.0230. The van der Waals surface area contributed by atoms with Crippen molar-refractivity contribution in [2.45, 2.75) is 18.7 Å². The van der Waals surface area contributed by atoms with E-state index < -0.39 is 14.9 Å². The topological polar surface area (TPSA) is 138 Å². The first-order valence-corrected chi connectivity index (χ1v) is 11.9. The van der Waals surface area contributed by atoms with E-state index in [-0.39, 0.29) is 48.3 Å². The molecule has 0 aliphatic carbocycles. The molecule has 0 spiro atoms. The summed E-state index contributed by atoms with van der Waals surface area (Å²) in [7, 11) is -4.02. The third-order valence-electron chi connectivity index (χ3n) is 5.30. The predicted octanol–water partition coefficient (Wildman–Crippen LogP) is 2.61. The summed E-state index contributed by atoms with van der Waals surface area (Å²) in [6.07, 6.45) is 1.36. The molecular formula is C21H27N5O6S. The summed E-state index contributed by atoms with van der Waals surface area (Å²) in [6.45, 7) is 6.44. The number of phenols is 1. The van der Waals surface area contributed by atoms with Crippen LogP contribution in [0.3, 0.4) is 0 Å². The third kappa shape index (κ3) is 5.59. The highest BCUT2D eigenvalue weighted by molar-refractivity contribution is 7.89. The van der Waals surface area contributed by atoms with Crippen molar-refractivity contribution in [3.05, 3.63) is 52.1 Å². The number of anilines is 2. The number of rotatable bonds is 9. The number of nitro benzene ring substituents is 1. The van der Waals surface area contributed by atoms with E-state index in [1.54, 1.807) is 12.1 Å². The molecule has 33 heavy (non-hydrogen) atoms. The quantitative estimate of drug-likeness (QED) is 0.319. The van der Waals surface area contributed by atoms with Gasteiger partial charge in [-0.25, -0.2) is 8.42 Å². The number of nitrogens with one attached hydrogen (secondary N) is 1. The summed E-state index contributed by atoms with van der Waals surface area (Å²) in [6, 6.07) is 8.70. The van der Waals surface area contributed by atoms with E-state index in [4.69, 9.17) is 4.74 Å². The normalized spacial score (nSPS) is 15.0. The molecule has 1 saturated heterocycles. The summed E-state index contributed by atoms with van der Waals surface area (Å²) < 4.78 is 32.7. The van der Waals surface area contributed by atoms with E-state index in [0.29, 0.717) is 5.56 Å². The molecule has 1 fully saturated rings. The summed E-state index contributed by atoms with van der Waals surface area (Å²) in [5.41, 5.74) is 3.69. The van der Waals surface area contributed by atoms with Crippen LogP contribution in [0.25, 0.3) is 0 Å². The smallest absolute Gasteiger partial charge is 0.270 e. The first kappa shape index (κ1) is 24.4. The Bertz CT molecular complexity index is 1130. The SMILES string of the molecule is CCN(CC)c1ccc(C=NNc2ccc([N+](=O)[O-])cc2S(=O)(=O)N2CCOCC2)c(O)c1. The average molecular weight is 478 g/mol. The molecule has 0 aromatic heterocycles. The standard InChI is InChI=1S/C21H27N5O6S/c1-3-24(4-2)17-6-5-16(20(27)13-17)15-22-23-19-8-7-18(26(28)29)14-21(19)33(30,31)25-9-11-32-12-10-25/h5-8,13-15,23,27H,3-4,9-12H2,1-2H3. The number of nitro groups is 1. The molecule has 1 aliphatic heterocycles. The van der Waals surface area contributed by atoms with Gasteiger partial charge in [-0.3, -0.25) is 15.5 Å². The van der Waals surface area contributed by atoms with E-state index in [9.17, 15) is 23.6 Å². The number of phenolic OH excluding ortho intramolecular Hbond substituents is 1. The highest BCUT2D eigenvalue weighted by Gasteiger charge is 2.30. The Morgan fingerprint density at radius 3 is 2.52 bits per heavy atom. The second-order valence-electron chi connectivity index (χ2n) is 7.24. The van der Waals surface area contributed by atoms with Gasteiger partial charge in [0.2, 0.25) is 10.0 Å². The first-order chi connectivity index (χ1) is 15.8. The lowest BCUT2D eigenvalue weighted by Gasteiger charge is -2.26. The van der Waals surface area contributed by atoms with E-state index in [2.05, 4.69) is 15.4 Å². The lowest BCUT2D eigenvalue weighted by Crippen LogP contribution is -2.40. The van der Waals surface area contributed by atoms with Gasteiger partial charge in [0.05, 0.1) is 30.0 Å². The van der Waals surface area contributed by atoms with Gasteiger partial charge in [0, 0.05) is 55.6 Å². The highest BCUT2D eigenvalue weighted by atomic mass is 32.2. The molecule has 1 heterocycles. The highest BCUT2D eigenvalue weighted by Crippen LogP contribution is 2.30. The third-order valence-corrected chi connectivity index (χ3v) is 7.23. The van der Waals surface area contributed by atoms with Crippen LogP contribution < -0.4 is 10.3 Å². The number of hydrazone groups is 1. The van der Waals surface area contributed by atoms with E-state index >= 15 is 0 Å². The minimum absolute atomic E-state index is 0.0230. The summed E-state index contributed by atoms with van der Waals surface area (Å²) >= 11 is 0. The fourth-order valence-corrected chi connectivity index (χ4v) is 5.02. The first-order valence-electron chi connectivity index (χ1n) is 10.5. The molecule has 0 atom stereocenters. The van der Waals surface area contributed by atoms with Crippen LogP contribution in [0.1, 0.15) is 19.4 Å². The molecule has 3 rings (SSSR count). The second-order valence-corrected chi connectivity index (χ2v) is 9.15. The lowest BCUT2D eigenvalue weighted by molar-refractivity contribution is -0.385. The lowest BCUT2D eigenvalue weighted by atomic mass is 10.2. The Labute approximate surface area is 192 Å². The number of aromatic hydroxyl groups is 1. The Morgan fingerprint density at radius 2 is 1.91 bits per heavy atom. The number of sulfonamides is 1. The van der Waals surface area contributed by atoms with Crippen molar-refractivity contribution in [2.75, 3.05) is 49.7 Å². The fraction of sp³-hybridized carbons (Fsp3) is 0.381. The van der Waals surface area contributed by atoms with Crippen LogP contribution in [0.5, 0.6) is 5.75 Å². The van der Waals surface area contributed by atoms with Crippen molar-refractivity contribution in [3.8, 4) is 5.75 Å². The number of nitrogens with zero attached hydrogens (tertiary/aromatic N) is 4. The van der Waals surface area contributed by atoms with Crippen LogP contribution in [-0.4, -0.2) is 68.4 Å². The average Bonchev–Trinajstić information content (AvgIpc) is 2.81. The van der Waals surface area contributed by atoms with Crippen molar-refractivity contribution < 1.29 is 23.2 Å². The van der Waals surface area contributed by atoms with Crippen LogP contribution in [0.15, 0.2) is 46.4 Å². The fourth-order valence-electron chi connectivity index (χ4n) is 3.45. The predicted molar refractivity (Wildman–Crippen MR) is 126 cm³/mol.